The third-order valence-corrected chi connectivity index (χ3v) is 5.91. The molecule has 0 aromatic carbocycles. The van der Waals surface area contributed by atoms with E-state index in [1.54, 1.807) is 0 Å². The number of rotatable bonds is 6. The summed E-state index contributed by atoms with van der Waals surface area (Å²) in [6, 6.07) is -1.54. The summed E-state index contributed by atoms with van der Waals surface area (Å²) in [5, 5.41) is 15.3. The van der Waals surface area contributed by atoms with Gasteiger partial charge in [0.05, 0.1) is 12.0 Å². The van der Waals surface area contributed by atoms with E-state index in [0.717, 1.165) is 0 Å². The summed E-state index contributed by atoms with van der Waals surface area (Å²) >= 11 is 0. The van der Waals surface area contributed by atoms with E-state index in [2.05, 4.69) is 15.2 Å². The Morgan fingerprint density at radius 2 is 2.00 bits per heavy atom. The largest absolute Gasteiger partial charge is 0.481 e. The summed E-state index contributed by atoms with van der Waals surface area (Å²) in [4.78, 5) is 23.3. The molecule has 24 heavy (non-hydrogen) atoms. The zero-order valence-electron chi connectivity index (χ0n) is 13.7. The van der Waals surface area contributed by atoms with E-state index in [0.29, 0.717) is 19.3 Å². The van der Waals surface area contributed by atoms with Crippen molar-refractivity contribution in [3.05, 3.63) is 11.5 Å². The van der Waals surface area contributed by atoms with Gasteiger partial charge in [-0.2, -0.15) is 4.72 Å². The van der Waals surface area contributed by atoms with Crippen molar-refractivity contribution >= 4 is 21.9 Å². The second-order valence-corrected chi connectivity index (χ2v) is 7.64. The highest BCUT2D eigenvalue weighted by atomic mass is 32.2. The molecule has 0 aliphatic heterocycles. The molecule has 1 fully saturated rings. The minimum Gasteiger partial charge on any atom is -0.481 e. The molecule has 134 valence electrons. The van der Waals surface area contributed by atoms with Crippen LogP contribution in [-0.2, 0) is 19.6 Å². The van der Waals surface area contributed by atoms with Crippen molar-refractivity contribution in [2.75, 3.05) is 0 Å². The lowest BCUT2D eigenvalue weighted by atomic mass is 10.0. The van der Waals surface area contributed by atoms with Crippen molar-refractivity contribution in [2.45, 2.75) is 57.0 Å². The van der Waals surface area contributed by atoms with Gasteiger partial charge in [0.25, 0.3) is 0 Å². The first-order valence-corrected chi connectivity index (χ1v) is 9.10. The summed E-state index contributed by atoms with van der Waals surface area (Å²) in [7, 11) is -3.97. The normalized spacial score (nSPS) is 22.3. The number of carboxylic acid groups (broad SMARTS) is 1. The van der Waals surface area contributed by atoms with Crippen LogP contribution in [0.2, 0.25) is 0 Å². The molecular formula is C14H21N3O6S. The van der Waals surface area contributed by atoms with Crippen molar-refractivity contribution in [1.29, 1.82) is 0 Å². The predicted molar refractivity (Wildman–Crippen MR) is 82.7 cm³/mol. The third kappa shape index (κ3) is 3.75. The van der Waals surface area contributed by atoms with Crippen LogP contribution < -0.4 is 10.0 Å². The predicted octanol–water partition coefficient (Wildman–Crippen LogP) is 0.328. The second kappa shape index (κ2) is 6.89. The quantitative estimate of drug-likeness (QED) is 0.665. The minimum absolute atomic E-state index is 0.0913. The van der Waals surface area contributed by atoms with E-state index in [1.807, 2.05) is 0 Å². The van der Waals surface area contributed by atoms with Crippen LogP contribution in [0.3, 0.4) is 0 Å². The highest BCUT2D eigenvalue weighted by Gasteiger charge is 2.35. The lowest BCUT2D eigenvalue weighted by molar-refractivity contribution is -0.142. The molecule has 2 rings (SSSR count). The topological polar surface area (TPSA) is 139 Å². The lowest BCUT2D eigenvalue weighted by Gasteiger charge is -2.20. The van der Waals surface area contributed by atoms with Gasteiger partial charge in [-0.1, -0.05) is 11.6 Å². The molecule has 10 heteroatoms. The van der Waals surface area contributed by atoms with Gasteiger partial charge in [0.2, 0.25) is 15.9 Å². The zero-order chi connectivity index (χ0) is 18.1. The summed E-state index contributed by atoms with van der Waals surface area (Å²) in [5.74, 6) is -2.03. The number of hydrogen-bond donors (Lipinski definition) is 3. The van der Waals surface area contributed by atoms with Crippen LogP contribution in [0.25, 0.3) is 0 Å². The molecular weight excluding hydrogens is 338 g/mol. The van der Waals surface area contributed by atoms with Gasteiger partial charge in [-0.25, -0.2) is 8.42 Å². The number of sulfonamides is 1. The van der Waals surface area contributed by atoms with Crippen molar-refractivity contribution < 1.29 is 27.6 Å². The van der Waals surface area contributed by atoms with Gasteiger partial charge in [-0.05, 0) is 33.6 Å². The van der Waals surface area contributed by atoms with E-state index in [9.17, 15) is 18.0 Å². The molecule has 1 saturated carbocycles. The van der Waals surface area contributed by atoms with Crippen LogP contribution in [0.15, 0.2) is 9.42 Å². The van der Waals surface area contributed by atoms with Gasteiger partial charge in [-0.3, -0.25) is 9.59 Å². The van der Waals surface area contributed by atoms with Gasteiger partial charge in [0, 0.05) is 6.04 Å². The number of aryl methyl sites for hydroxylation is 2. The Labute approximate surface area is 139 Å². The van der Waals surface area contributed by atoms with Crippen LogP contribution in [-0.4, -0.2) is 42.6 Å². The molecule has 1 heterocycles. The highest BCUT2D eigenvalue weighted by molar-refractivity contribution is 7.89. The van der Waals surface area contributed by atoms with E-state index in [1.165, 1.54) is 20.8 Å². The van der Waals surface area contributed by atoms with Gasteiger partial charge >= 0.3 is 5.97 Å². The first-order chi connectivity index (χ1) is 11.1. The van der Waals surface area contributed by atoms with E-state index < -0.39 is 39.9 Å². The van der Waals surface area contributed by atoms with Gasteiger partial charge in [-0.15, -0.1) is 0 Å². The molecule has 1 aliphatic carbocycles. The van der Waals surface area contributed by atoms with Crippen LogP contribution in [0, 0.1) is 19.8 Å². The van der Waals surface area contributed by atoms with Gasteiger partial charge in [0.15, 0.2) is 5.76 Å². The average molecular weight is 359 g/mol. The number of nitrogens with zero attached hydrogens (tertiary/aromatic N) is 1. The molecule has 9 nitrogen and oxygen atoms in total. The van der Waals surface area contributed by atoms with Crippen molar-refractivity contribution in [2.24, 2.45) is 5.92 Å². The third-order valence-electron chi connectivity index (χ3n) is 4.12. The Morgan fingerprint density at radius 3 is 2.54 bits per heavy atom. The number of aromatic nitrogens is 1. The smallest absolute Gasteiger partial charge is 0.308 e. The Morgan fingerprint density at radius 1 is 1.33 bits per heavy atom. The van der Waals surface area contributed by atoms with Crippen molar-refractivity contribution in [3.8, 4) is 0 Å². The molecule has 1 aliphatic rings. The maximum Gasteiger partial charge on any atom is 0.308 e. The molecule has 3 N–H and O–H groups in total. The molecule has 1 aromatic rings. The molecule has 1 unspecified atom stereocenters. The zero-order valence-corrected chi connectivity index (χ0v) is 14.5. The number of carbonyl (C=O) groups excluding carboxylic acids is 1. The molecule has 1 aromatic heterocycles. The standard InChI is InChI=1S/C14H21N3O6S/c1-7-12(9(3)23-16-7)24(21,22)17-8(2)13(18)15-11-6-4-5-10(11)14(19)20/h8,10-11,17H,4-6H2,1-3H3,(H,15,18)(H,19,20)/t8?,10-,11+/m0/s1. The molecule has 3 atom stereocenters. The van der Waals surface area contributed by atoms with Crippen LogP contribution in [0.4, 0.5) is 0 Å². The summed E-state index contributed by atoms with van der Waals surface area (Å²) in [6.07, 6.45) is 1.77. The average Bonchev–Trinajstić information content (AvgIpc) is 3.05. The SMILES string of the molecule is Cc1noc(C)c1S(=O)(=O)NC(C)C(=O)N[C@@H]1CCC[C@@H]1C(=O)O. The number of carbonyl (C=O) groups is 2. The number of amides is 1. The number of hydrogen-bond acceptors (Lipinski definition) is 6. The Hall–Kier alpha value is -1.94. The minimum atomic E-state index is -3.97. The van der Waals surface area contributed by atoms with Gasteiger partial charge < -0.3 is 14.9 Å². The van der Waals surface area contributed by atoms with E-state index >= 15 is 0 Å². The number of nitrogens with one attached hydrogen (secondary N) is 2. The fraction of sp³-hybridized carbons (Fsp3) is 0.643. The molecule has 0 saturated heterocycles. The number of aliphatic carboxylic acids is 1. The molecule has 0 radical (unpaired) electrons. The highest BCUT2D eigenvalue weighted by Crippen LogP contribution is 2.26. The van der Waals surface area contributed by atoms with Crippen LogP contribution in [0.5, 0.6) is 0 Å². The fourth-order valence-electron chi connectivity index (χ4n) is 2.94. The maximum absolute atomic E-state index is 12.4. The second-order valence-electron chi connectivity index (χ2n) is 5.99. The van der Waals surface area contributed by atoms with E-state index in [4.69, 9.17) is 9.63 Å². The Kier molecular flexibility index (Phi) is 5.29. The lowest BCUT2D eigenvalue weighted by Crippen LogP contribution is -2.49. The van der Waals surface area contributed by atoms with Crippen molar-refractivity contribution in [1.82, 2.24) is 15.2 Å². The van der Waals surface area contributed by atoms with Crippen molar-refractivity contribution in [3.63, 3.8) is 0 Å². The first kappa shape index (κ1) is 18.4. The van der Waals surface area contributed by atoms with Gasteiger partial charge in [0.1, 0.15) is 10.6 Å². The molecule has 0 bridgehead atoms. The monoisotopic (exact) mass is 359 g/mol. The summed E-state index contributed by atoms with van der Waals surface area (Å²) in [5.41, 5.74) is 0.203. The first-order valence-electron chi connectivity index (χ1n) is 7.62. The fourth-order valence-corrected chi connectivity index (χ4v) is 4.47. The van der Waals surface area contributed by atoms with Crippen LogP contribution >= 0.6 is 0 Å². The van der Waals surface area contributed by atoms with E-state index in [-0.39, 0.29) is 16.3 Å². The summed E-state index contributed by atoms with van der Waals surface area (Å²) < 4.78 is 31.9. The number of carboxylic acids is 1. The molecule has 1 amide bonds. The Balaban J connectivity index is 2.05. The Bertz CT molecular complexity index is 722. The summed E-state index contributed by atoms with van der Waals surface area (Å²) in [6.45, 7) is 4.36. The van der Waals surface area contributed by atoms with Crippen LogP contribution in [0.1, 0.15) is 37.6 Å². The maximum atomic E-state index is 12.4. The molecule has 0 spiro atoms.